The molecule has 1 fully saturated rings. The van der Waals surface area contributed by atoms with Crippen molar-refractivity contribution in [3.63, 3.8) is 0 Å². The van der Waals surface area contributed by atoms with Crippen LogP contribution in [0.5, 0.6) is 11.5 Å². The Kier molecular flexibility index (Phi) is 5.78. The minimum absolute atomic E-state index is 0.0558. The fraction of sp³-hybridized carbons (Fsp3) is 0.333. The number of thiocarbonyl (C=S) groups is 1. The van der Waals surface area contributed by atoms with Gasteiger partial charge in [-0.25, -0.2) is 0 Å². The number of amides is 1. The van der Waals surface area contributed by atoms with Crippen LogP contribution in [0.3, 0.4) is 0 Å². The number of nitrogens with one attached hydrogen (secondary N) is 1. The number of carbonyl (C=O) groups excluding carboxylic acids is 1. The number of anilines is 1. The second-order valence-corrected chi connectivity index (χ2v) is 7.81. The molecule has 4 rings (SSSR count). The zero-order valence-corrected chi connectivity index (χ0v) is 17.6. The fourth-order valence-corrected chi connectivity index (χ4v) is 3.88. The summed E-state index contributed by atoms with van der Waals surface area (Å²) in [5.41, 5.74) is 1.78. The second-order valence-electron chi connectivity index (χ2n) is 7.04. The van der Waals surface area contributed by atoms with E-state index >= 15 is 0 Å². The molecule has 0 aliphatic carbocycles. The number of benzene rings is 2. The van der Waals surface area contributed by atoms with Gasteiger partial charge in [-0.05, 0) is 42.9 Å². The maximum absolute atomic E-state index is 12.8. The first-order chi connectivity index (χ1) is 14.0. The van der Waals surface area contributed by atoms with E-state index in [1.165, 1.54) is 0 Å². The topological polar surface area (TPSA) is 54.0 Å². The number of aryl methyl sites for hydroxylation is 1. The number of fused-ring (bicyclic) bond motifs is 1. The zero-order chi connectivity index (χ0) is 20.4. The molecule has 1 saturated heterocycles. The Morgan fingerprint density at radius 3 is 2.52 bits per heavy atom. The number of ether oxygens (including phenoxy) is 2. The van der Waals surface area contributed by atoms with Gasteiger partial charge in [-0.3, -0.25) is 4.79 Å². The molecule has 1 atom stereocenters. The molecule has 0 aromatic heterocycles. The summed E-state index contributed by atoms with van der Waals surface area (Å²) in [6, 6.07) is 13.2. The van der Waals surface area contributed by atoms with Crippen molar-refractivity contribution in [2.75, 3.05) is 38.1 Å². The maximum Gasteiger partial charge on any atom is 0.267 e. The van der Waals surface area contributed by atoms with E-state index in [9.17, 15) is 4.79 Å². The Balaban J connectivity index is 1.32. The summed E-state index contributed by atoms with van der Waals surface area (Å²) in [4.78, 5) is 16.7. The average molecular weight is 432 g/mol. The smallest absolute Gasteiger partial charge is 0.267 e. The summed E-state index contributed by atoms with van der Waals surface area (Å²) in [5, 5.41) is 4.49. The van der Waals surface area contributed by atoms with E-state index in [1.807, 2.05) is 54.3 Å². The molecule has 2 aromatic carbocycles. The summed E-state index contributed by atoms with van der Waals surface area (Å²) < 4.78 is 11.5. The largest absolute Gasteiger partial charge is 0.485 e. The van der Waals surface area contributed by atoms with Gasteiger partial charge in [0.15, 0.2) is 16.6 Å². The van der Waals surface area contributed by atoms with Crippen molar-refractivity contribution >= 4 is 40.5 Å². The van der Waals surface area contributed by atoms with Crippen LogP contribution < -0.4 is 14.8 Å². The Labute approximate surface area is 180 Å². The first-order valence-electron chi connectivity index (χ1n) is 9.51. The molecule has 1 amide bonds. The maximum atomic E-state index is 12.8. The lowest BCUT2D eigenvalue weighted by Gasteiger charge is -2.38. The van der Waals surface area contributed by atoms with E-state index < -0.39 is 6.10 Å². The summed E-state index contributed by atoms with van der Waals surface area (Å²) in [7, 11) is 0. The summed E-state index contributed by atoms with van der Waals surface area (Å²) >= 11 is 11.9. The lowest BCUT2D eigenvalue weighted by Crippen LogP contribution is -2.55. The normalized spacial score (nSPS) is 18.3. The highest BCUT2D eigenvalue weighted by atomic mass is 35.5. The molecule has 2 aliphatic rings. The molecule has 2 aliphatic heterocycles. The molecular formula is C21H22ClN3O3S. The fourth-order valence-electron chi connectivity index (χ4n) is 3.41. The van der Waals surface area contributed by atoms with Gasteiger partial charge >= 0.3 is 0 Å². The average Bonchev–Trinajstić information content (AvgIpc) is 2.76. The molecule has 6 nitrogen and oxygen atoms in total. The number of para-hydroxylation sites is 2. The molecule has 0 saturated carbocycles. The van der Waals surface area contributed by atoms with E-state index in [2.05, 4.69) is 5.32 Å². The summed E-state index contributed by atoms with van der Waals surface area (Å²) in [6.45, 7) is 4.61. The van der Waals surface area contributed by atoms with Crippen molar-refractivity contribution in [1.82, 2.24) is 9.80 Å². The summed E-state index contributed by atoms with van der Waals surface area (Å²) in [5.74, 6) is 1.23. The Hall–Kier alpha value is -2.51. The summed E-state index contributed by atoms with van der Waals surface area (Å²) in [6.07, 6.45) is -0.618. The van der Waals surface area contributed by atoms with E-state index in [4.69, 9.17) is 33.3 Å². The molecule has 1 N–H and O–H groups in total. The van der Waals surface area contributed by atoms with Gasteiger partial charge in [0.05, 0.1) is 10.7 Å². The first-order valence-corrected chi connectivity index (χ1v) is 10.3. The number of rotatable bonds is 2. The minimum Gasteiger partial charge on any atom is -0.485 e. The van der Waals surface area contributed by atoms with Crippen molar-refractivity contribution in [2.24, 2.45) is 0 Å². The Morgan fingerprint density at radius 2 is 1.76 bits per heavy atom. The van der Waals surface area contributed by atoms with Gasteiger partial charge in [0.25, 0.3) is 5.91 Å². The van der Waals surface area contributed by atoms with Crippen LogP contribution in [0.15, 0.2) is 42.5 Å². The molecule has 0 spiro atoms. The molecule has 1 unspecified atom stereocenters. The molecule has 0 radical (unpaired) electrons. The minimum atomic E-state index is -0.618. The molecule has 2 aromatic rings. The van der Waals surface area contributed by atoms with Crippen molar-refractivity contribution in [1.29, 1.82) is 0 Å². The van der Waals surface area contributed by atoms with Crippen LogP contribution in [0.2, 0.25) is 5.02 Å². The van der Waals surface area contributed by atoms with Crippen LogP contribution in [0.4, 0.5) is 5.69 Å². The van der Waals surface area contributed by atoms with Crippen LogP contribution >= 0.6 is 23.8 Å². The van der Waals surface area contributed by atoms with Gasteiger partial charge < -0.3 is 24.6 Å². The molecule has 152 valence electrons. The number of halogens is 1. The van der Waals surface area contributed by atoms with Crippen molar-refractivity contribution in [3.05, 3.63) is 53.1 Å². The van der Waals surface area contributed by atoms with Crippen LogP contribution in [0, 0.1) is 6.92 Å². The standard InChI is InChI=1S/C21H22ClN3O3S/c1-14-5-4-6-15(19(14)22)23-21(29)25-11-9-24(10-12-25)20(26)18-13-27-16-7-2-3-8-17(16)28-18/h2-8,18H,9-13H2,1H3,(H,23,29). The first kappa shape index (κ1) is 19.8. The number of piperazine rings is 1. The third kappa shape index (κ3) is 4.26. The lowest BCUT2D eigenvalue weighted by molar-refractivity contribution is -0.142. The monoisotopic (exact) mass is 431 g/mol. The lowest BCUT2D eigenvalue weighted by atomic mass is 10.2. The van der Waals surface area contributed by atoms with Crippen LogP contribution in [0.25, 0.3) is 0 Å². The predicted molar refractivity (Wildman–Crippen MR) is 117 cm³/mol. The van der Waals surface area contributed by atoms with Crippen LogP contribution in [-0.2, 0) is 4.79 Å². The predicted octanol–water partition coefficient (Wildman–Crippen LogP) is 3.33. The number of nitrogens with zero attached hydrogens (tertiary/aromatic N) is 2. The van der Waals surface area contributed by atoms with Gasteiger partial charge in [-0.2, -0.15) is 0 Å². The molecule has 8 heteroatoms. The van der Waals surface area contributed by atoms with Crippen molar-refractivity contribution in [3.8, 4) is 11.5 Å². The van der Waals surface area contributed by atoms with Crippen LogP contribution in [0.1, 0.15) is 5.56 Å². The Morgan fingerprint density at radius 1 is 1.07 bits per heavy atom. The highest BCUT2D eigenvalue weighted by Gasteiger charge is 2.33. The third-order valence-corrected chi connectivity index (χ3v) is 5.96. The quantitative estimate of drug-likeness (QED) is 0.736. The zero-order valence-electron chi connectivity index (χ0n) is 16.1. The second kappa shape index (κ2) is 8.47. The molecule has 29 heavy (non-hydrogen) atoms. The number of carbonyl (C=O) groups is 1. The molecular weight excluding hydrogens is 410 g/mol. The van der Waals surface area contributed by atoms with Gasteiger partial charge in [-0.15, -0.1) is 0 Å². The highest BCUT2D eigenvalue weighted by molar-refractivity contribution is 7.80. The van der Waals surface area contributed by atoms with E-state index in [1.54, 1.807) is 4.90 Å². The van der Waals surface area contributed by atoms with E-state index in [-0.39, 0.29) is 12.5 Å². The number of hydrogen-bond acceptors (Lipinski definition) is 4. The van der Waals surface area contributed by atoms with E-state index in [0.29, 0.717) is 47.8 Å². The van der Waals surface area contributed by atoms with Crippen molar-refractivity contribution in [2.45, 2.75) is 13.0 Å². The molecule has 2 heterocycles. The third-order valence-electron chi connectivity index (χ3n) is 5.10. The van der Waals surface area contributed by atoms with Gasteiger partial charge in [0.1, 0.15) is 6.61 Å². The molecule has 0 bridgehead atoms. The van der Waals surface area contributed by atoms with E-state index in [0.717, 1.165) is 11.3 Å². The van der Waals surface area contributed by atoms with Gasteiger partial charge in [0, 0.05) is 26.2 Å². The van der Waals surface area contributed by atoms with Crippen LogP contribution in [-0.4, -0.2) is 59.7 Å². The number of hydrogen-bond donors (Lipinski definition) is 1. The highest BCUT2D eigenvalue weighted by Crippen LogP contribution is 2.31. The van der Waals surface area contributed by atoms with Crippen molar-refractivity contribution < 1.29 is 14.3 Å². The Bertz CT molecular complexity index is 931. The van der Waals surface area contributed by atoms with Gasteiger partial charge in [-0.1, -0.05) is 35.9 Å². The van der Waals surface area contributed by atoms with Gasteiger partial charge in [0.2, 0.25) is 6.10 Å². The SMILES string of the molecule is Cc1cccc(NC(=S)N2CCN(C(=O)C3COc4ccccc4O3)CC2)c1Cl.